The number of carbonyl (C=O) groups excluding carboxylic acids is 2. The largest absolute Gasteiger partial charge is 0.393 e. The summed E-state index contributed by atoms with van der Waals surface area (Å²) in [5.74, 6) is -1.24. The highest BCUT2D eigenvalue weighted by Crippen LogP contribution is 2.58. The number of rotatable bonds is 5. The first kappa shape index (κ1) is 26.2. The lowest BCUT2D eigenvalue weighted by Crippen LogP contribution is -2.51. The standard InChI is InChI=1S/C30H33Cl2FN2O3/c31-18-10-13-21-23(15-18)34-29(38)30(21)25(20-6-3-7-22(32)26(20)33)27(35-28(30)17-4-1-2-5-17)24(37)14-16-8-11-19(36)12-9-16/h3,6-7,10,13,15-17,19,25,27-28,35-36H,1-2,4-5,8-9,11-12,14H2,(H,34,38)/t16?,19?,25-,27-,28-,30-/m0/s1. The van der Waals surface area contributed by atoms with Gasteiger partial charge in [0.2, 0.25) is 5.91 Å². The Balaban J connectivity index is 1.50. The molecule has 38 heavy (non-hydrogen) atoms. The Morgan fingerprint density at radius 3 is 2.53 bits per heavy atom. The number of aliphatic hydroxyl groups is 1. The fourth-order valence-electron chi connectivity index (χ4n) is 7.85. The molecule has 2 aromatic carbocycles. The zero-order chi connectivity index (χ0) is 26.6. The maximum Gasteiger partial charge on any atom is 0.237 e. The second-order valence-electron chi connectivity index (χ2n) is 11.6. The number of Topliss-reactive ketones (excluding diaryl/α,β-unsaturated/α-hetero) is 1. The van der Waals surface area contributed by atoms with Crippen molar-refractivity contribution in [2.45, 2.75) is 87.3 Å². The van der Waals surface area contributed by atoms with Crippen molar-refractivity contribution in [3.63, 3.8) is 0 Å². The van der Waals surface area contributed by atoms with E-state index in [1.165, 1.54) is 6.07 Å². The highest BCUT2D eigenvalue weighted by Gasteiger charge is 2.67. The lowest BCUT2D eigenvalue weighted by molar-refractivity contribution is -0.123. The second-order valence-corrected chi connectivity index (χ2v) is 12.5. The molecule has 1 amide bonds. The summed E-state index contributed by atoms with van der Waals surface area (Å²) in [6, 6.07) is 9.15. The van der Waals surface area contributed by atoms with Gasteiger partial charge in [-0.1, -0.05) is 54.2 Å². The molecular formula is C30H33Cl2FN2O3. The summed E-state index contributed by atoms with van der Waals surface area (Å²) in [4.78, 5) is 28.3. The van der Waals surface area contributed by atoms with Gasteiger partial charge in [-0.3, -0.25) is 9.59 Å². The molecule has 4 aliphatic rings. The van der Waals surface area contributed by atoms with Crippen LogP contribution in [-0.4, -0.2) is 35.0 Å². The third-order valence-corrected chi connectivity index (χ3v) is 10.1. The first-order valence-corrected chi connectivity index (χ1v) is 14.6. The van der Waals surface area contributed by atoms with Crippen molar-refractivity contribution in [1.82, 2.24) is 5.32 Å². The minimum Gasteiger partial charge on any atom is -0.393 e. The highest BCUT2D eigenvalue weighted by molar-refractivity contribution is 6.31. The molecule has 0 radical (unpaired) electrons. The Hall–Kier alpha value is -1.99. The number of halogens is 3. The first-order chi connectivity index (χ1) is 18.3. The number of hydrogen-bond donors (Lipinski definition) is 3. The number of amides is 1. The van der Waals surface area contributed by atoms with Gasteiger partial charge in [0.25, 0.3) is 0 Å². The second kappa shape index (κ2) is 10.2. The van der Waals surface area contributed by atoms with Crippen LogP contribution in [0.2, 0.25) is 10.0 Å². The maximum absolute atomic E-state index is 15.8. The van der Waals surface area contributed by atoms with E-state index in [9.17, 15) is 14.7 Å². The van der Waals surface area contributed by atoms with Crippen molar-refractivity contribution in [3.05, 3.63) is 63.4 Å². The predicted molar refractivity (Wildman–Crippen MR) is 146 cm³/mol. The van der Waals surface area contributed by atoms with Crippen molar-refractivity contribution in [3.8, 4) is 0 Å². The Morgan fingerprint density at radius 2 is 1.79 bits per heavy atom. The normalized spacial score (nSPS) is 33.1. The molecule has 0 unspecified atom stereocenters. The van der Waals surface area contributed by atoms with E-state index in [1.807, 2.05) is 6.07 Å². The summed E-state index contributed by atoms with van der Waals surface area (Å²) in [6.07, 6.45) is 7.00. The molecule has 2 heterocycles. The molecule has 2 aromatic rings. The highest BCUT2D eigenvalue weighted by atomic mass is 35.5. The van der Waals surface area contributed by atoms with E-state index in [4.69, 9.17) is 23.2 Å². The lowest BCUT2D eigenvalue weighted by atomic mass is 9.61. The van der Waals surface area contributed by atoms with Crippen LogP contribution in [0.5, 0.6) is 0 Å². The minimum absolute atomic E-state index is 0.00847. The average Bonchev–Trinajstić information content (AvgIpc) is 3.60. The summed E-state index contributed by atoms with van der Waals surface area (Å²) in [6.45, 7) is 0. The molecule has 3 fully saturated rings. The van der Waals surface area contributed by atoms with Gasteiger partial charge in [-0.25, -0.2) is 4.39 Å². The van der Waals surface area contributed by atoms with Gasteiger partial charge < -0.3 is 15.7 Å². The minimum atomic E-state index is -1.18. The summed E-state index contributed by atoms with van der Waals surface area (Å²) < 4.78 is 15.8. The van der Waals surface area contributed by atoms with Crippen molar-refractivity contribution < 1.29 is 19.1 Å². The number of carbonyl (C=O) groups is 2. The van der Waals surface area contributed by atoms with Gasteiger partial charge in [0, 0.05) is 29.1 Å². The molecule has 3 N–H and O–H groups in total. The topological polar surface area (TPSA) is 78.4 Å². The molecule has 1 saturated heterocycles. The molecule has 8 heteroatoms. The summed E-state index contributed by atoms with van der Waals surface area (Å²) in [5, 5.41) is 17.1. The first-order valence-electron chi connectivity index (χ1n) is 13.8. The van der Waals surface area contributed by atoms with Crippen molar-refractivity contribution in [2.24, 2.45) is 11.8 Å². The smallest absolute Gasteiger partial charge is 0.237 e. The number of hydrogen-bond acceptors (Lipinski definition) is 4. The monoisotopic (exact) mass is 558 g/mol. The van der Waals surface area contributed by atoms with Gasteiger partial charge in [-0.05, 0) is 79.7 Å². The quantitative estimate of drug-likeness (QED) is 0.411. The zero-order valence-electron chi connectivity index (χ0n) is 21.2. The third kappa shape index (κ3) is 4.19. The molecule has 1 spiro atoms. The van der Waals surface area contributed by atoms with E-state index in [0.717, 1.165) is 44.1 Å². The summed E-state index contributed by atoms with van der Waals surface area (Å²) in [5.41, 5.74) is 0.496. The Kier molecular flexibility index (Phi) is 7.04. The fraction of sp³-hybridized carbons (Fsp3) is 0.533. The van der Waals surface area contributed by atoms with Crippen LogP contribution in [0.3, 0.4) is 0 Å². The van der Waals surface area contributed by atoms with E-state index >= 15 is 4.39 Å². The van der Waals surface area contributed by atoms with Crippen LogP contribution in [0.25, 0.3) is 0 Å². The maximum atomic E-state index is 15.8. The van der Waals surface area contributed by atoms with Gasteiger partial charge in [0.1, 0.15) is 11.2 Å². The van der Waals surface area contributed by atoms with E-state index in [-0.39, 0.29) is 40.7 Å². The molecule has 2 saturated carbocycles. The number of aliphatic hydroxyl groups excluding tert-OH is 1. The molecule has 2 aliphatic heterocycles. The number of ketones is 1. The third-order valence-electron chi connectivity index (χ3n) is 9.57. The molecular weight excluding hydrogens is 526 g/mol. The number of benzene rings is 2. The molecule has 202 valence electrons. The van der Waals surface area contributed by atoms with Crippen molar-refractivity contribution >= 4 is 40.6 Å². The van der Waals surface area contributed by atoms with E-state index in [0.29, 0.717) is 35.5 Å². The summed E-state index contributed by atoms with van der Waals surface area (Å²) in [7, 11) is 0. The van der Waals surface area contributed by atoms with Gasteiger partial charge in [0.15, 0.2) is 5.78 Å². The molecule has 2 aliphatic carbocycles. The Morgan fingerprint density at radius 1 is 1.05 bits per heavy atom. The van der Waals surface area contributed by atoms with Crippen molar-refractivity contribution in [2.75, 3.05) is 5.32 Å². The lowest BCUT2D eigenvalue weighted by Gasteiger charge is -2.38. The predicted octanol–water partition coefficient (Wildman–Crippen LogP) is 6.15. The Bertz CT molecular complexity index is 1260. The van der Waals surface area contributed by atoms with Gasteiger partial charge >= 0.3 is 0 Å². The average molecular weight is 560 g/mol. The zero-order valence-corrected chi connectivity index (χ0v) is 22.7. The van der Waals surface area contributed by atoms with Crippen LogP contribution < -0.4 is 10.6 Å². The van der Waals surface area contributed by atoms with E-state index in [2.05, 4.69) is 10.6 Å². The molecule has 5 nitrogen and oxygen atoms in total. The van der Waals surface area contributed by atoms with Gasteiger partial charge in [-0.15, -0.1) is 0 Å². The van der Waals surface area contributed by atoms with E-state index < -0.39 is 23.2 Å². The number of nitrogens with one attached hydrogen (secondary N) is 2. The van der Waals surface area contributed by atoms with E-state index in [1.54, 1.807) is 24.3 Å². The van der Waals surface area contributed by atoms with Crippen LogP contribution in [0, 0.1) is 17.7 Å². The Labute approximate surface area is 232 Å². The van der Waals surface area contributed by atoms with Gasteiger partial charge in [-0.2, -0.15) is 0 Å². The molecule has 6 rings (SSSR count). The SMILES string of the molecule is O=C(CC1CCC(O)CC1)[C@@H]1N[C@@H](C2CCCC2)[C@@]2(C(=O)Nc3cc(Cl)ccc32)[C@H]1c1cccc(Cl)c1F. The molecule has 0 bridgehead atoms. The molecule has 4 atom stereocenters. The van der Waals surface area contributed by atoms with Crippen molar-refractivity contribution in [1.29, 1.82) is 0 Å². The van der Waals surface area contributed by atoms with Crippen LogP contribution in [0.4, 0.5) is 10.1 Å². The van der Waals surface area contributed by atoms with Crippen LogP contribution >= 0.6 is 23.2 Å². The number of fused-ring (bicyclic) bond motifs is 2. The number of anilines is 1. The summed E-state index contributed by atoms with van der Waals surface area (Å²) >= 11 is 12.6. The van der Waals surface area contributed by atoms with Gasteiger partial charge in [0.05, 0.1) is 17.2 Å². The fourth-order valence-corrected chi connectivity index (χ4v) is 8.20. The molecule has 0 aromatic heterocycles. The van der Waals surface area contributed by atoms with Crippen LogP contribution in [0.15, 0.2) is 36.4 Å². The van der Waals surface area contributed by atoms with Crippen LogP contribution in [0.1, 0.15) is 74.8 Å². The van der Waals surface area contributed by atoms with Crippen LogP contribution in [-0.2, 0) is 15.0 Å².